The Hall–Kier alpha value is -0.120. The van der Waals surface area contributed by atoms with Gasteiger partial charge in [0.05, 0.1) is 12.2 Å². The number of rotatable bonds is 4. The molecule has 1 N–H and O–H groups in total. The average Bonchev–Trinajstić information content (AvgIpc) is 2.37. The van der Waals surface area contributed by atoms with Gasteiger partial charge >= 0.3 is 0 Å². The number of nitrogens with one attached hydrogen (secondary N) is 1. The van der Waals surface area contributed by atoms with Crippen LogP contribution in [0.1, 0.15) is 39.5 Å². The number of hydrogen-bond acceptors (Lipinski definition) is 3. The monoisotopic (exact) mass is 240 g/mol. The van der Waals surface area contributed by atoms with Crippen molar-refractivity contribution in [2.45, 2.75) is 45.1 Å². The van der Waals surface area contributed by atoms with E-state index in [1.165, 1.54) is 32.2 Å². The third-order valence-electron chi connectivity index (χ3n) is 4.43. The summed E-state index contributed by atoms with van der Waals surface area (Å²) in [6.07, 6.45) is 5.11. The minimum Gasteiger partial charge on any atom is -0.371 e. The summed E-state index contributed by atoms with van der Waals surface area (Å²) in [5.41, 5.74) is 0.128. The van der Waals surface area contributed by atoms with E-state index < -0.39 is 0 Å². The normalized spacial score (nSPS) is 31.2. The van der Waals surface area contributed by atoms with Gasteiger partial charge in [-0.25, -0.2) is 0 Å². The summed E-state index contributed by atoms with van der Waals surface area (Å²) in [6.45, 7) is 11.3. The number of hydrogen-bond donors (Lipinski definition) is 1. The predicted molar refractivity (Wildman–Crippen MR) is 71.3 cm³/mol. The van der Waals surface area contributed by atoms with Crippen LogP contribution in [0.3, 0.4) is 0 Å². The van der Waals surface area contributed by atoms with Crippen molar-refractivity contribution < 1.29 is 4.74 Å². The van der Waals surface area contributed by atoms with Gasteiger partial charge in [0.25, 0.3) is 0 Å². The molecule has 2 fully saturated rings. The Bertz CT molecular complexity index is 217. The molecule has 3 nitrogen and oxygen atoms in total. The van der Waals surface area contributed by atoms with Crippen LogP contribution in [0.4, 0.5) is 0 Å². The summed E-state index contributed by atoms with van der Waals surface area (Å²) in [6, 6.07) is 0. The molecule has 2 heterocycles. The van der Waals surface area contributed by atoms with Crippen molar-refractivity contribution in [3.05, 3.63) is 0 Å². The SMILES string of the molecule is CCC(CC)CN1CCO[C@]2(CCCNC2)C1. The first-order valence-corrected chi connectivity index (χ1v) is 7.35. The minimum atomic E-state index is 0.128. The van der Waals surface area contributed by atoms with Crippen LogP contribution < -0.4 is 5.32 Å². The third kappa shape index (κ3) is 3.43. The van der Waals surface area contributed by atoms with E-state index in [2.05, 4.69) is 24.1 Å². The van der Waals surface area contributed by atoms with E-state index in [4.69, 9.17) is 4.74 Å². The van der Waals surface area contributed by atoms with E-state index in [1.54, 1.807) is 0 Å². The van der Waals surface area contributed by atoms with Gasteiger partial charge in [0.1, 0.15) is 0 Å². The third-order valence-corrected chi connectivity index (χ3v) is 4.43. The highest BCUT2D eigenvalue weighted by Crippen LogP contribution is 2.26. The van der Waals surface area contributed by atoms with Crippen LogP contribution in [0.2, 0.25) is 0 Å². The van der Waals surface area contributed by atoms with Gasteiger partial charge in [-0.15, -0.1) is 0 Å². The van der Waals surface area contributed by atoms with Gasteiger partial charge < -0.3 is 10.1 Å². The first-order chi connectivity index (χ1) is 8.28. The second kappa shape index (κ2) is 6.17. The Morgan fingerprint density at radius 1 is 1.35 bits per heavy atom. The summed E-state index contributed by atoms with van der Waals surface area (Å²) in [5.74, 6) is 0.863. The lowest BCUT2D eigenvalue weighted by Gasteiger charge is -2.45. The molecule has 0 unspecified atom stereocenters. The van der Waals surface area contributed by atoms with Crippen LogP contribution in [-0.2, 0) is 4.74 Å². The van der Waals surface area contributed by atoms with Crippen molar-refractivity contribution in [1.82, 2.24) is 10.2 Å². The van der Waals surface area contributed by atoms with Gasteiger partial charge in [-0.05, 0) is 25.3 Å². The summed E-state index contributed by atoms with van der Waals surface area (Å²) < 4.78 is 6.08. The van der Waals surface area contributed by atoms with Gasteiger partial charge in [-0.3, -0.25) is 4.90 Å². The van der Waals surface area contributed by atoms with E-state index in [-0.39, 0.29) is 5.60 Å². The molecule has 0 radical (unpaired) electrons. The molecule has 0 aromatic carbocycles. The highest BCUT2D eigenvalue weighted by molar-refractivity contribution is 4.93. The molecular weight excluding hydrogens is 212 g/mol. The van der Waals surface area contributed by atoms with Gasteiger partial charge in [0.15, 0.2) is 0 Å². The molecule has 100 valence electrons. The fraction of sp³-hybridized carbons (Fsp3) is 1.00. The second-order valence-corrected chi connectivity index (χ2v) is 5.73. The van der Waals surface area contributed by atoms with Crippen LogP contribution in [0.5, 0.6) is 0 Å². The molecule has 2 aliphatic heterocycles. The maximum absolute atomic E-state index is 6.08. The zero-order chi connectivity index (χ0) is 12.1. The van der Waals surface area contributed by atoms with Gasteiger partial charge in [-0.1, -0.05) is 26.7 Å². The molecule has 17 heavy (non-hydrogen) atoms. The van der Waals surface area contributed by atoms with Crippen LogP contribution in [0.15, 0.2) is 0 Å². The van der Waals surface area contributed by atoms with Crippen LogP contribution in [0.25, 0.3) is 0 Å². The number of nitrogens with zero attached hydrogens (tertiary/aromatic N) is 1. The number of ether oxygens (including phenoxy) is 1. The molecule has 2 saturated heterocycles. The quantitative estimate of drug-likeness (QED) is 0.812. The topological polar surface area (TPSA) is 24.5 Å². The molecule has 0 amide bonds. The molecule has 0 aromatic heterocycles. The van der Waals surface area contributed by atoms with Crippen LogP contribution in [0, 0.1) is 5.92 Å². The lowest BCUT2D eigenvalue weighted by molar-refractivity contribution is -0.121. The lowest BCUT2D eigenvalue weighted by Crippen LogP contribution is -2.59. The molecule has 2 aliphatic rings. The zero-order valence-electron chi connectivity index (χ0n) is 11.5. The van der Waals surface area contributed by atoms with E-state index in [0.717, 1.165) is 38.7 Å². The Labute approximate surface area is 106 Å². The summed E-state index contributed by atoms with van der Waals surface area (Å²) in [4.78, 5) is 2.63. The van der Waals surface area contributed by atoms with Crippen molar-refractivity contribution in [3.8, 4) is 0 Å². The molecule has 0 saturated carbocycles. The molecule has 0 aromatic rings. The summed E-state index contributed by atoms with van der Waals surface area (Å²) >= 11 is 0. The molecule has 1 spiro atoms. The van der Waals surface area contributed by atoms with Crippen LogP contribution in [-0.4, -0.2) is 49.8 Å². The molecule has 0 bridgehead atoms. The Balaban J connectivity index is 1.87. The Kier molecular flexibility index (Phi) is 4.83. The molecule has 2 rings (SSSR count). The first-order valence-electron chi connectivity index (χ1n) is 7.35. The van der Waals surface area contributed by atoms with Crippen LogP contribution >= 0.6 is 0 Å². The molecule has 1 atom stereocenters. The van der Waals surface area contributed by atoms with Gasteiger partial charge in [0.2, 0.25) is 0 Å². The molecule has 0 aliphatic carbocycles. The predicted octanol–water partition coefficient (Wildman–Crippen LogP) is 1.88. The van der Waals surface area contributed by atoms with E-state index >= 15 is 0 Å². The Morgan fingerprint density at radius 2 is 2.18 bits per heavy atom. The molecule has 3 heteroatoms. The first kappa shape index (κ1) is 13.3. The fourth-order valence-electron chi connectivity index (χ4n) is 3.19. The minimum absolute atomic E-state index is 0.128. The summed E-state index contributed by atoms with van der Waals surface area (Å²) in [5, 5.41) is 3.50. The number of morpholine rings is 1. The van der Waals surface area contributed by atoms with Crippen molar-refractivity contribution in [2.24, 2.45) is 5.92 Å². The Morgan fingerprint density at radius 3 is 2.82 bits per heavy atom. The van der Waals surface area contributed by atoms with E-state index in [0.29, 0.717) is 0 Å². The fourth-order valence-corrected chi connectivity index (χ4v) is 3.19. The van der Waals surface area contributed by atoms with Gasteiger partial charge in [0, 0.05) is 26.2 Å². The standard InChI is InChI=1S/C14H28N2O/c1-3-13(4-2)10-16-8-9-17-14(12-16)6-5-7-15-11-14/h13,15H,3-12H2,1-2H3/t14-/m0/s1. The molecular formula is C14H28N2O. The highest BCUT2D eigenvalue weighted by atomic mass is 16.5. The van der Waals surface area contributed by atoms with Crippen molar-refractivity contribution >= 4 is 0 Å². The van der Waals surface area contributed by atoms with Crippen molar-refractivity contribution in [2.75, 3.05) is 39.3 Å². The average molecular weight is 240 g/mol. The highest BCUT2D eigenvalue weighted by Gasteiger charge is 2.37. The second-order valence-electron chi connectivity index (χ2n) is 5.73. The van der Waals surface area contributed by atoms with Crippen molar-refractivity contribution in [3.63, 3.8) is 0 Å². The lowest BCUT2D eigenvalue weighted by atomic mass is 9.91. The smallest absolute Gasteiger partial charge is 0.0933 e. The van der Waals surface area contributed by atoms with Crippen molar-refractivity contribution in [1.29, 1.82) is 0 Å². The zero-order valence-corrected chi connectivity index (χ0v) is 11.5. The van der Waals surface area contributed by atoms with Gasteiger partial charge in [-0.2, -0.15) is 0 Å². The largest absolute Gasteiger partial charge is 0.371 e. The maximum Gasteiger partial charge on any atom is 0.0933 e. The van der Waals surface area contributed by atoms with E-state index in [1.807, 2.05) is 0 Å². The number of piperidine rings is 1. The van der Waals surface area contributed by atoms with E-state index in [9.17, 15) is 0 Å². The maximum atomic E-state index is 6.08. The summed E-state index contributed by atoms with van der Waals surface area (Å²) in [7, 11) is 0.